The Balaban J connectivity index is 2.41. The van der Waals surface area contributed by atoms with E-state index < -0.39 is 6.17 Å². The molecule has 0 radical (unpaired) electrons. The van der Waals surface area contributed by atoms with Gasteiger partial charge < -0.3 is 5.32 Å². The van der Waals surface area contributed by atoms with E-state index in [1.807, 2.05) is 6.92 Å². The van der Waals surface area contributed by atoms with Crippen molar-refractivity contribution in [1.82, 2.24) is 5.32 Å². The van der Waals surface area contributed by atoms with E-state index in [1.165, 1.54) is 0 Å². The summed E-state index contributed by atoms with van der Waals surface area (Å²) in [6.45, 7) is 5.27. The quantitative estimate of drug-likeness (QED) is 0.539. The molecule has 1 aliphatic rings. The van der Waals surface area contributed by atoms with Gasteiger partial charge in [0.05, 0.1) is 0 Å². The Labute approximate surface area is 49.3 Å². The van der Waals surface area contributed by atoms with Gasteiger partial charge in [0.2, 0.25) is 0 Å². The van der Waals surface area contributed by atoms with Crippen molar-refractivity contribution in [2.75, 3.05) is 13.1 Å². The van der Waals surface area contributed by atoms with Crippen LogP contribution in [-0.4, -0.2) is 19.3 Å². The highest BCUT2D eigenvalue weighted by Gasteiger charge is 2.37. The third kappa shape index (κ3) is 0.730. The van der Waals surface area contributed by atoms with Crippen molar-refractivity contribution in [3.05, 3.63) is 0 Å². The highest BCUT2D eigenvalue weighted by atomic mass is 19.1. The van der Waals surface area contributed by atoms with Crippen LogP contribution in [0.3, 0.4) is 0 Å². The Morgan fingerprint density at radius 1 is 1.62 bits per heavy atom. The van der Waals surface area contributed by atoms with E-state index in [1.54, 1.807) is 6.92 Å². The zero-order valence-corrected chi connectivity index (χ0v) is 5.37. The zero-order valence-electron chi connectivity index (χ0n) is 5.37. The number of rotatable bonds is 1. The van der Waals surface area contributed by atoms with E-state index >= 15 is 0 Å². The maximum absolute atomic E-state index is 12.5. The molecule has 0 spiro atoms. The van der Waals surface area contributed by atoms with Gasteiger partial charge in [-0.25, -0.2) is 4.39 Å². The molecule has 0 aliphatic carbocycles. The predicted octanol–water partition coefficient (Wildman–Crippen LogP) is 0.954. The summed E-state index contributed by atoms with van der Waals surface area (Å²) in [7, 11) is 0. The summed E-state index contributed by atoms with van der Waals surface area (Å²) in [5, 5.41) is 3.04. The van der Waals surface area contributed by atoms with Crippen LogP contribution in [0.2, 0.25) is 0 Å². The fourth-order valence-electron chi connectivity index (χ4n) is 0.801. The molecule has 2 heteroatoms. The maximum Gasteiger partial charge on any atom is 0.105 e. The Bertz CT molecular complexity index is 86.5. The van der Waals surface area contributed by atoms with E-state index in [0.717, 1.165) is 13.1 Å². The molecule has 0 aromatic carbocycles. The minimum Gasteiger partial charge on any atom is -0.315 e. The summed E-state index contributed by atoms with van der Waals surface area (Å²) >= 11 is 0. The number of hydrogen-bond donors (Lipinski definition) is 1. The second-order valence-corrected chi connectivity index (χ2v) is 2.87. The van der Waals surface area contributed by atoms with Crippen molar-refractivity contribution in [3.63, 3.8) is 0 Å². The number of hydrogen-bond acceptors (Lipinski definition) is 1. The molecule has 8 heavy (non-hydrogen) atoms. The lowest BCUT2D eigenvalue weighted by atomic mass is 9.80. The largest absolute Gasteiger partial charge is 0.315 e. The van der Waals surface area contributed by atoms with Crippen molar-refractivity contribution < 1.29 is 4.39 Å². The smallest absolute Gasteiger partial charge is 0.105 e. The van der Waals surface area contributed by atoms with Gasteiger partial charge in [-0.3, -0.25) is 0 Å². The van der Waals surface area contributed by atoms with E-state index in [-0.39, 0.29) is 5.41 Å². The number of nitrogens with one attached hydrogen (secondary N) is 1. The molecule has 1 fully saturated rings. The first kappa shape index (κ1) is 6.02. The second-order valence-electron chi connectivity index (χ2n) is 2.87. The van der Waals surface area contributed by atoms with Crippen LogP contribution in [0.15, 0.2) is 0 Å². The van der Waals surface area contributed by atoms with E-state index in [9.17, 15) is 4.39 Å². The normalized spacial score (nSPS) is 28.9. The Hall–Kier alpha value is -0.110. The molecule has 1 rings (SSSR count). The molecular formula is C6H12FN. The van der Waals surface area contributed by atoms with Gasteiger partial charge in [-0.2, -0.15) is 0 Å². The third-order valence-corrected chi connectivity index (χ3v) is 2.02. The standard InChI is InChI=1S/C6H12FN/c1-5(7)6(2)3-8-4-6/h5,8H,3-4H2,1-2H3/t5-/m1/s1. The third-order valence-electron chi connectivity index (χ3n) is 2.02. The minimum absolute atomic E-state index is 0.0556. The monoisotopic (exact) mass is 117 g/mol. The lowest BCUT2D eigenvalue weighted by molar-refractivity contribution is 0.0771. The fourth-order valence-corrected chi connectivity index (χ4v) is 0.801. The first-order valence-corrected chi connectivity index (χ1v) is 3.00. The molecule has 0 bridgehead atoms. The molecule has 0 saturated carbocycles. The summed E-state index contributed by atoms with van der Waals surface area (Å²) in [5.74, 6) is 0. The Kier molecular flexibility index (Phi) is 1.27. The van der Waals surface area contributed by atoms with Gasteiger partial charge in [0, 0.05) is 18.5 Å². The first-order chi connectivity index (χ1) is 3.65. The summed E-state index contributed by atoms with van der Waals surface area (Å²) in [4.78, 5) is 0. The highest BCUT2D eigenvalue weighted by molar-refractivity contribution is 4.92. The summed E-state index contributed by atoms with van der Waals surface area (Å²) < 4.78 is 12.5. The van der Waals surface area contributed by atoms with Gasteiger partial charge in [0.25, 0.3) is 0 Å². The molecule has 1 nitrogen and oxygen atoms in total. The fraction of sp³-hybridized carbons (Fsp3) is 1.00. The van der Waals surface area contributed by atoms with Gasteiger partial charge in [0.1, 0.15) is 6.17 Å². The van der Waals surface area contributed by atoms with Crippen molar-refractivity contribution >= 4 is 0 Å². The molecule has 0 unspecified atom stereocenters. The van der Waals surface area contributed by atoms with Crippen molar-refractivity contribution in [2.45, 2.75) is 20.0 Å². The van der Waals surface area contributed by atoms with Gasteiger partial charge in [0.15, 0.2) is 0 Å². The molecule has 48 valence electrons. The SMILES string of the molecule is C[C@@H](F)C1(C)CNC1. The molecule has 1 aliphatic heterocycles. The lowest BCUT2D eigenvalue weighted by Gasteiger charge is -2.40. The van der Waals surface area contributed by atoms with Gasteiger partial charge >= 0.3 is 0 Å². The minimum atomic E-state index is -0.663. The summed E-state index contributed by atoms with van der Waals surface area (Å²) in [5.41, 5.74) is -0.0556. The maximum atomic E-state index is 12.5. The van der Waals surface area contributed by atoms with Crippen molar-refractivity contribution in [2.24, 2.45) is 5.41 Å². The van der Waals surface area contributed by atoms with E-state index in [4.69, 9.17) is 0 Å². The summed E-state index contributed by atoms with van der Waals surface area (Å²) in [6.07, 6.45) is -0.663. The molecule has 0 aromatic rings. The topological polar surface area (TPSA) is 12.0 Å². The lowest BCUT2D eigenvalue weighted by Crippen LogP contribution is -2.55. The number of alkyl halides is 1. The highest BCUT2D eigenvalue weighted by Crippen LogP contribution is 2.27. The average Bonchev–Trinajstić information content (AvgIpc) is 1.60. The van der Waals surface area contributed by atoms with Crippen molar-refractivity contribution in [3.8, 4) is 0 Å². The van der Waals surface area contributed by atoms with Gasteiger partial charge in [-0.1, -0.05) is 6.92 Å². The molecule has 0 aromatic heterocycles. The second kappa shape index (κ2) is 1.69. The van der Waals surface area contributed by atoms with Crippen LogP contribution >= 0.6 is 0 Å². The van der Waals surface area contributed by atoms with Crippen LogP contribution in [0, 0.1) is 5.41 Å². The van der Waals surface area contributed by atoms with E-state index in [2.05, 4.69) is 5.32 Å². The van der Waals surface area contributed by atoms with Crippen LogP contribution in [-0.2, 0) is 0 Å². The van der Waals surface area contributed by atoms with E-state index in [0.29, 0.717) is 0 Å². The molecule has 1 atom stereocenters. The molecule has 1 saturated heterocycles. The summed E-state index contributed by atoms with van der Waals surface area (Å²) in [6, 6.07) is 0. The van der Waals surface area contributed by atoms with Crippen molar-refractivity contribution in [1.29, 1.82) is 0 Å². The predicted molar refractivity (Wildman–Crippen MR) is 31.5 cm³/mol. The molecule has 1 N–H and O–H groups in total. The van der Waals surface area contributed by atoms with Crippen LogP contribution in [0.25, 0.3) is 0 Å². The zero-order chi connectivity index (χ0) is 6.20. The molecule has 1 heterocycles. The Morgan fingerprint density at radius 2 is 2.12 bits per heavy atom. The van der Waals surface area contributed by atoms with Crippen LogP contribution in [0.1, 0.15) is 13.8 Å². The van der Waals surface area contributed by atoms with Gasteiger partial charge in [-0.15, -0.1) is 0 Å². The van der Waals surface area contributed by atoms with Crippen LogP contribution < -0.4 is 5.32 Å². The molecular weight excluding hydrogens is 105 g/mol. The van der Waals surface area contributed by atoms with Crippen LogP contribution in [0.4, 0.5) is 4.39 Å². The van der Waals surface area contributed by atoms with Crippen LogP contribution in [0.5, 0.6) is 0 Å². The molecule has 0 amide bonds. The first-order valence-electron chi connectivity index (χ1n) is 3.00. The van der Waals surface area contributed by atoms with Gasteiger partial charge in [-0.05, 0) is 6.92 Å². The Morgan fingerprint density at radius 3 is 2.12 bits per heavy atom. The number of halogens is 1. The average molecular weight is 117 g/mol.